The quantitative estimate of drug-likeness (QED) is 0.793. The zero-order chi connectivity index (χ0) is 14.8. The van der Waals surface area contributed by atoms with E-state index in [-0.39, 0.29) is 0 Å². The summed E-state index contributed by atoms with van der Waals surface area (Å²) in [4.78, 5) is 2.62. The lowest BCUT2D eigenvalue weighted by atomic mass is 9.57. The van der Waals surface area contributed by atoms with E-state index in [1.54, 1.807) is 0 Å². The van der Waals surface area contributed by atoms with Gasteiger partial charge in [0.2, 0.25) is 0 Å². The van der Waals surface area contributed by atoms with Crippen LogP contribution in [0.4, 0.5) is 0 Å². The number of hydrogen-bond donors (Lipinski definition) is 1. The molecule has 20 heavy (non-hydrogen) atoms. The summed E-state index contributed by atoms with van der Waals surface area (Å²) in [5, 5.41) is 3.74. The van der Waals surface area contributed by atoms with Crippen molar-refractivity contribution >= 4 is 0 Å². The Morgan fingerprint density at radius 1 is 1.05 bits per heavy atom. The normalized spacial score (nSPS) is 34.2. The van der Waals surface area contributed by atoms with Crippen LogP contribution in [0, 0.1) is 17.3 Å². The van der Waals surface area contributed by atoms with Crippen LogP contribution in [0.2, 0.25) is 0 Å². The van der Waals surface area contributed by atoms with Gasteiger partial charge in [0, 0.05) is 18.6 Å². The van der Waals surface area contributed by atoms with Gasteiger partial charge in [-0.05, 0) is 69.4 Å². The van der Waals surface area contributed by atoms with E-state index in [1.165, 1.54) is 51.6 Å². The first kappa shape index (κ1) is 16.3. The Hall–Kier alpha value is -0.0800. The third kappa shape index (κ3) is 4.21. The van der Waals surface area contributed by atoms with Gasteiger partial charge < -0.3 is 10.2 Å². The van der Waals surface area contributed by atoms with Gasteiger partial charge in [0.05, 0.1) is 0 Å². The summed E-state index contributed by atoms with van der Waals surface area (Å²) in [6.45, 7) is 11.7. The summed E-state index contributed by atoms with van der Waals surface area (Å²) in [5.74, 6) is 1.58. The van der Waals surface area contributed by atoms with Gasteiger partial charge in [-0.2, -0.15) is 0 Å². The van der Waals surface area contributed by atoms with Crippen molar-refractivity contribution in [2.75, 3.05) is 20.1 Å². The van der Waals surface area contributed by atoms with E-state index in [9.17, 15) is 0 Å². The van der Waals surface area contributed by atoms with Crippen molar-refractivity contribution in [3.8, 4) is 0 Å². The minimum atomic E-state index is 0.726. The molecule has 2 saturated carbocycles. The number of rotatable bonds is 6. The maximum Gasteiger partial charge on any atom is 0.00927 e. The highest BCUT2D eigenvalue weighted by Gasteiger charge is 2.46. The molecule has 0 unspecified atom stereocenters. The third-order valence-electron chi connectivity index (χ3n) is 5.47. The highest BCUT2D eigenvalue weighted by atomic mass is 15.1. The lowest BCUT2D eigenvalue weighted by Gasteiger charge is -2.53. The summed E-state index contributed by atoms with van der Waals surface area (Å²) >= 11 is 0. The average molecular weight is 280 g/mol. The van der Waals surface area contributed by atoms with E-state index in [0.29, 0.717) is 0 Å². The first-order valence-electron chi connectivity index (χ1n) is 8.84. The molecule has 0 saturated heterocycles. The largest absolute Gasteiger partial charge is 0.314 e. The molecule has 0 aromatic carbocycles. The van der Waals surface area contributed by atoms with E-state index < -0.39 is 0 Å². The standard InChI is InChI=1S/C18H36N2/c1-14(2)12-19-16-10-18(11-16)8-6-17(7-9-18)20(5)13-15(3)4/h14-17,19H,6-13H2,1-5H3. The monoisotopic (exact) mass is 280 g/mol. The molecule has 0 heterocycles. The second kappa shape index (κ2) is 6.79. The van der Waals surface area contributed by atoms with Gasteiger partial charge in [-0.1, -0.05) is 27.7 Å². The molecule has 118 valence electrons. The number of hydrogen-bond acceptors (Lipinski definition) is 2. The molecule has 2 fully saturated rings. The van der Waals surface area contributed by atoms with Gasteiger partial charge >= 0.3 is 0 Å². The maximum absolute atomic E-state index is 3.74. The van der Waals surface area contributed by atoms with Gasteiger partial charge in [-0.15, -0.1) is 0 Å². The molecule has 0 bridgehead atoms. The van der Waals surface area contributed by atoms with Crippen molar-refractivity contribution in [1.82, 2.24) is 10.2 Å². The first-order chi connectivity index (χ1) is 9.40. The molecule has 0 aromatic rings. The first-order valence-corrected chi connectivity index (χ1v) is 8.84. The molecule has 2 aliphatic carbocycles. The van der Waals surface area contributed by atoms with Crippen LogP contribution in [-0.4, -0.2) is 37.1 Å². The second-order valence-electron chi connectivity index (χ2n) is 8.47. The maximum atomic E-state index is 3.74. The number of nitrogens with one attached hydrogen (secondary N) is 1. The van der Waals surface area contributed by atoms with Crippen molar-refractivity contribution in [2.24, 2.45) is 17.3 Å². The van der Waals surface area contributed by atoms with Gasteiger partial charge in [-0.25, -0.2) is 0 Å². The minimum Gasteiger partial charge on any atom is -0.314 e. The summed E-state index contributed by atoms with van der Waals surface area (Å²) in [6, 6.07) is 1.67. The predicted molar refractivity (Wildman–Crippen MR) is 88.0 cm³/mol. The Bertz CT molecular complexity index is 282. The minimum absolute atomic E-state index is 0.726. The van der Waals surface area contributed by atoms with E-state index in [1.807, 2.05) is 0 Å². The van der Waals surface area contributed by atoms with Crippen molar-refractivity contribution in [3.05, 3.63) is 0 Å². The third-order valence-corrected chi connectivity index (χ3v) is 5.47. The summed E-state index contributed by atoms with van der Waals surface area (Å²) in [7, 11) is 2.33. The molecule has 2 aliphatic rings. The van der Waals surface area contributed by atoms with Crippen LogP contribution in [0.5, 0.6) is 0 Å². The van der Waals surface area contributed by atoms with Gasteiger partial charge in [0.15, 0.2) is 0 Å². The molecular weight excluding hydrogens is 244 g/mol. The topological polar surface area (TPSA) is 15.3 Å². The van der Waals surface area contributed by atoms with Crippen molar-refractivity contribution in [1.29, 1.82) is 0 Å². The molecule has 0 atom stereocenters. The van der Waals surface area contributed by atoms with Gasteiger partial charge in [-0.3, -0.25) is 0 Å². The van der Waals surface area contributed by atoms with E-state index in [0.717, 1.165) is 29.3 Å². The van der Waals surface area contributed by atoms with E-state index >= 15 is 0 Å². The molecule has 0 aromatic heterocycles. The van der Waals surface area contributed by atoms with Crippen LogP contribution in [-0.2, 0) is 0 Å². The van der Waals surface area contributed by atoms with Crippen LogP contribution >= 0.6 is 0 Å². The Kier molecular flexibility index (Phi) is 5.53. The van der Waals surface area contributed by atoms with Crippen LogP contribution in [0.15, 0.2) is 0 Å². The SMILES string of the molecule is CC(C)CNC1CC2(CCC(N(C)CC(C)C)CC2)C1. The van der Waals surface area contributed by atoms with Gasteiger partial charge in [0.25, 0.3) is 0 Å². The van der Waals surface area contributed by atoms with Crippen LogP contribution in [0.1, 0.15) is 66.2 Å². The molecule has 1 spiro atoms. The van der Waals surface area contributed by atoms with Crippen molar-refractivity contribution in [2.45, 2.75) is 78.3 Å². The molecule has 1 N–H and O–H groups in total. The lowest BCUT2D eigenvalue weighted by molar-refractivity contribution is 0.00811. The van der Waals surface area contributed by atoms with E-state index in [2.05, 4.69) is 45.0 Å². The van der Waals surface area contributed by atoms with Crippen LogP contribution < -0.4 is 5.32 Å². The molecule has 2 heteroatoms. The highest BCUT2D eigenvalue weighted by molar-refractivity contribution is 5.01. The van der Waals surface area contributed by atoms with Crippen LogP contribution in [0.3, 0.4) is 0 Å². The summed E-state index contributed by atoms with van der Waals surface area (Å²) < 4.78 is 0. The Morgan fingerprint density at radius 2 is 1.65 bits per heavy atom. The highest BCUT2D eigenvalue weighted by Crippen LogP contribution is 2.52. The van der Waals surface area contributed by atoms with Gasteiger partial charge in [0.1, 0.15) is 0 Å². The van der Waals surface area contributed by atoms with Crippen molar-refractivity contribution in [3.63, 3.8) is 0 Å². The molecular formula is C18H36N2. The Labute approximate surface area is 126 Å². The Morgan fingerprint density at radius 3 is 2.15 bits per heavy atom. The molecule has 0 radical (unpaired) electrons. The number of nitrogens with zero attached hydrogens (tertiary/aromatic N) is 1. The lowest BCUT2D eigenvalue weighted by Crippen LogP contribution is -2.52. The molecule has 2 rings (SSSR count). The van der Waals surface area contributed by atoms with E-state index in [4.69, 9.17) is 0 Å². The predicted octanol–water partition coefficient (Wildman–Crippen LogP) is 3.91. The summed E-state index contributed by atoms with van der Waals surface area (Å²) in [6.07, 6.45) is 8.70. The van der Waals surface area contributed by atoms with Crippen molar-refractivity contribution < 1.29 is 0 Å². The fraction of sp³-hybridized carbons (Fsp3) is 1.00. The van der Waals surface area contributed by atoms with Crippen LogP contribution in [0.25, 0.3) is 0 Å². The fourth-order valence-corrected chi connectivity index (χ4v) is 4.32. The smallest absolute Gasteiger partial charge is 0.00927 e. The Balaban J connectivity index is 1.68. The average Bonchev–Trinajstić information content (AvgIpc) is 2.33. The zero-order valence-corrected chi connectivity index (χ0v) is 14.4. The zero-order valence-electron chi connectivity index (χ0n) is 14.4. The molecule has 0 amide bonds. The fourth-order valence-electron chi connectivity index (χ4n) is 4.32. The molecule has 2 nitrogen and oxygen atoms in total. The second-order valence-corrected chi connectivity index (χ2v) is 8.47. The molecule has 0 aliphatic heterocycles. The summed E-state index contributed by atoms with van der Waals surface area (Å²) in [5.41, 5.74) is 0.726.